The first-order chi connectivity index (χ1) is 14.9. The fraction of sp³-hybridized carbons (Fsp3) is 0.840. The van der Waals surface area contributed by atoms with Crippen molar-refractivity contribution >= 4 is 34.9 Å². The van der Waals surface area contributed by atoms with Gasteiger partial charge in [0.05, 0.1) is 5.88 Å². The number of halogens is 2. The third-order valence-electron chi connectivity index (χ3n) is 9.95. The van der Waals surface area contributed by atoms with Gasteiger partial charge in [0.15, 0.2) is 22.8 Å². The zero-order valence-corrected chi connectivity index (χ0v) is 20.2. The number of esters is 1. The number of fused-ring (bicyclic) bond motifs is 5. The molecule has 0 saturated heterocycles. The summed E-state index contributed by atoms with van der Waals surface area (Å²) in [6.07, 6.45) is 2.65. The summed E-state index contributed by atoms with van der Waals surface area (Å²) in [5.74, 6) is -2.94. The van der Waals surface area contributed by atoms with Crippen LogP contribution in [0.3, 0.4) is 0 Å². The van der Waals surface area contributed by atoms with E-state index in [2.05, 4.69) is 0 Å². The third kappa shape index (κ3) is 2.74. The van der Waals surface area contributed by atoms with Crippen molar-refractivity contribution in [3.05, 3.63) is 0 Å². The van der Waals surface area contributed by atoms with Gasteiger partial charge < -0.3 is 4.74 Å². The van der Waals surface area contributed by atoms with E-state index >= 15 is 4.39 Å². The highest BCUT2D eigenvalue weighted by atomic mass is 35.5. The third-order valence-corrected chi connectivity index (χ3v) is 10.2. The molecule has 8 atom stereocenters. The van der Waals surface area contributed by atoms with Gasteiger partial charge >= 0.3 is 5.97 Å². The summed E-state index contributed by atoms with van der Waals surface area (Å²) >= 11 is 6.00. The highest BCUT2D eigenvalue weighted by molar-refractivity contribution is 6.29. The average molecular weight is 469 g/mol. The molecular weight excluding hydrogens is 435 g/mol. The van der Waals surface area contributed by atoms with Gasteiger partial charge in [-0.2, -0.15) is 0 Å². The quantitative estimate of drug-likeness (QED) is 0.444. The zero-order chi connectivity index (χ0) is 23.7. The molecule has 4 saturated carbocycles. The maximum atomic E-state index is 17.2. The van der Waals surface area contributed by atoms with Crippen LogP contribution in [0.25, 0.3) is 0 Å². The van der Waals surface area contributed by atoms with Crippen LogP contribution in [0.1, 0.15) is 79.1 Å². The maximum absolute atomic E-state index is 17.2. The van der Waals surface area contributed by atoms with Crippen molar-refractivity contribution in [3.63, 3.8) is 0 Å². The van der Waals surface area contributed by atoms with Crippen molar-refractivity contribution in [1.29, 1.82) is 0 Å². The van der Waals surface area contributed by atoms with E-state index in [1.54, 1.807) is 6.92 Å². The van der Waals surface area contributed by atoms with Crippen LogP contribution < -0.4 is 0 Å². The lowest BCUT2D eigenvalue weighted by molar-refractivity contribution is -0.215. The Balaban J connectivity index is 1.82. The number of ketones is 3. The normalized spacial score (nSPS) is 47.9. The van der Waals surface area contributed by atoms with Gasteiger partial charge in [-0.05, 0) is 37.5 Å². The largest absolute Gasteiger partial charge is 0.450 e. The van der Waals surface area contributed by atoms with Crippen molar-refractivity contribution in [1.82, 2.24) is 0 Å². The molecule has 0 amide bonds. The van der Waals surface area contributed by atoms with Crippen LogP contribution in [0, 0.1) is 34.5 Å². The van der Waals surface area contributed by atoms with E-state index in [1.165, 1.54) is 0 Å². The predicted molar refractivity (Wildman–Crippen MR) is 117 cm³/mol. The molecule has 0 unspecified atom stereocenters. The number of hydrogen-bond donors (Lipinski definition) is 0. The minimum atomic E-state index is -2.03. The van der Waals surface area contributed by atoms with E-state index in [0.29, 0.717) is 38.5 Å². The molecule has 4 aliphatic carbocycles. The number of ether oxygens (including phenoxy) is 1. The number of alkyl halides is 2. The van der Waals surface area contributed by atoms with Crippen molar-refractivity contribution < 1.29 is 28.3 Å². The number of rotatable bonds is 4. The maximum Gasteiger partial charge on any atom is 0.306 e. The Bertz CT molecular complexity index is 874. The minimum Gasteiger partial charge on any atom is -0.450 e. The summed E-state index contributed by atoms with van der Waals surface area (Å²) in [7, 11) is 0. The smallest absolute Gasteiger partial charge is 0.306 e. The molecule has 4 rings (SSSR count). The van der Waals surface area contributed by atoms with Gasteiger partial charge in [0.25, 0.3) is 0 Å². The van der Waals surface area contributed by atoms with Gasteiger partial charge in [0.2, 0.25) is 0 Å². The van der Waals surface area contributed by atoms with Gasteiger partial charge in [-0.15, -0.1) is 11.6 Å². The fourth-order valence-corrected chi connectivity index (χ4v) is 8.51. The molecule has 0 bridgehead atoms. The summed E-state index contributed by atoms with van der Waals surface area (Å²) < 4.78 is 23.1. The van der Waals surface area contributed by atoms with Gasteiger partial charge in [0.1, 0.15) is 5.78 Å². The molecule has 0 aromatic carbocycles. The monoisotopic (exact) mass is 468 g/mol. The predicted octanol–water partition coefficient (Wildman–Crippen LogP) is 4.62. The van der Waals surface area contributed by atoms with Crippen LogP contribution in [0.5, 0.6) is 0 Å². The summed E-state index contributed by atoms with van der Waals surface area (Å²) in [5, 5.41) is 0. The molecular formula is C25H34ClFO5. The van der Waals surface area contributed by atoms with Crippen LogP contribution in [-0.2, 0) is 23.9 Å². The van der Waals surface area contributed by atoms with E-state index in [-0.39, 0.29) is 42.3 Å². The van der Waals surface area contributed by atoms with Crippen LogP contribution in [0.15, 0.2) is 0 Å². The standard InChI is InChI=1S/C25H34ClFO5/c1-5-21(31)32-25(20(30)13-26)14(2)10-18-17-7-6-15-11-16(28)8-9-22(15,3)24(17,27)19(29)12-23(18,25)4/h14-15,17-18H,5-13H2,1-4H3/t14-,15+,17-,18-,22-,23-,24-,25-/m0/s1. The van der Waals surface area contributed by atoms with Crippen LogP contribution in [0.4, 0.5) is 4.39 Å². The Morgan fingerprint density at radius 2 is 1.84 bits per heavy atom. The van der Waals surface area contributed by atoms with E-state index in [4.69, 9.17) is 16.3 Å². The zero-order valence-electron chi connectivity index (χ0n) is 19.5. The second kappa shape index (κ2) is 7.61. The van der Waals surface area contributed by atoms with Crippen molar-refractivity contribution in [2.24, 2.45) is 34.5 Å². The summed E-state index contributed by atoms with van der Waals surface area (Å²) in [6.45, 7) is 7.19. The highest BCUT2D eigenvalue weighted by Gasteiger charge is 2.78. The second-order valence-electron chi connectivity index (χ2n) is 11.1. The van der Waals surface area contributed by atoms with Gasteiger partial charge in [-0.1, -0.05) is 27.7 Å². The Morgan fingerprint density at radius 1 is 1.16 bits per heavy atom. The van der Waals surface area contributed by atoms with Crippen LogP contribution in [-0.4, -0.2) is 40.5 Å². The number of Topliss-reactive ketones (excluding diaryl/α,β-unsaturated/α-hetero) is 3. The first kappa shape index (κ1) is 23.8. The van der Waals surface area contributed by atoms with Crippen molar-refractivity contribution in [3.8, 4) is 0 Å². The highest BCUT2D eigenvalue weighted by Crippen LogP contribution is 2.71. The molecule has 0 N–H and O–H groups in total. The van der Waals surface area contributed by atoms with Gasteiger partial charge in [0, 0.05) is 48.3 Å². The Hall–Kier alpha value is -1.30. The minimum absolute atomic E-state index is 0.100. The Morgan fingerprint density at radius 3 is 2.47 bits per heavy atom. The molecule has 32 heavy (non-hydrogen) atoms. The molecule has 0 aliphatic heterocycles. The average Bonchev–Trinajstić information content (AvgIpc) is 2.96. The van der Waals surface area contributed by atoms with E-state index < -0.39 is 45.6 Å². The van der Waals surface area contributed by atoms with Gasteiger partial charge in [-0.25, -0.2) is 4.39 Å². The Labute approximate surface area is 194 Å². The van der Waals surface area contributed by atoms with Gasteiger partial charge in [-0.3, -0.25) is 19.2 Å². The fourth-order valence-electron chi connectivity index (χ4n) is 8.31. The molecule has 7 heteroatoms. The molecule has 5 nitrogen and oxygen atoms in total. The van der Waals surface area contributed by atoms with Crippen LogP contribution >= 0.6 is 11.6 Å². The van der Waals surface area contributed by atoms with E-state index in [9.17, 15) is 19.2 Å². The summed E-state index contributed by atoms with van der Waals surface area (Å²) in [5.41, 5.74) is -5.44. The van der Waals surface area contributed by atoms with Crippen molar-refractivity contribution in [2.75, 3.05) is 5.88 Å². The molecule has 0 aromatic heterocycles. The molecule has 4 fully saturated rings. The summed E-state index contributed by atoms with van der Waals surface area (Å²) in [6, 6.07) is 0. The van der Waals surface area contributed by atoms with Crippen LogP contribution in [0.2, 0.25) is 0 Å². The molecule has 0 aromatic rings. The number of hydrogen-bond acceptors (Lipinski definition) is 5. The first-order valence-corrected chi connectivity index (χ1v) is 12.5. The lowest BCUT2D eigenvalue weighted by atomic mass is 9.42. The first-order valence-electron chi connectivity index (χ1n) is 12.0. The molecule has 0 radical (unpaired) electrons. The number of carbonyl (C=O) groups excluding carboxylic acids is 4. The molecule has 0 heterocycles. The van der Waals surface area contributed by atoms with E-state index in [0.717, 1.165) is 0 Å². The Kier molecular flexibility index (Phi) is 5.67. The van der Waals surface area contributed by atoms with E-state index in [1.807, 2.05) is 20.8 Å². The second-order valence-corrected chi connectivity index (χ2v) is 11.4. The number of carbonyl (C=O) groups is 4. The topological polar surface area (TPSA) is 77.5 Å². The summed E-state index contributed by atoms with van der Waals surface area (Å²) in [4.78, 5) is 51.6. The molecule has 4 aliphatic rings. The lowest BCUT2D eigenvalue weighted by Crippen LogP contribution is -2.70. The molecule has 0 spiro atoms. The SMILES string of the molecule is CCC(=O)O[C@]1(C(=O)CCl)[C@@H](C)C[C@H]2[C@@H]3CC[C@@H]4CC(=O)CC[C@]4(C)[C@@]3(F)C(=O)C[C@@]21C. The molecule has 178 valence electrons. The van der Waals surface area contributed by atoms with Crippen molar-refractivity contribution in [2.45, 2.75) is 90.3 Å². The lowest BCUT2D eigenvalue weighted by Gasteiger charge is -2.62.